The normalized spacial score (nSPS) is 20.8. The standard InChI is InChI=1S/C14H29N3O3S/c1-12(2)16-10-13-4-3-6-17(11-13)7-9-21(19,20)8-5-14(15)18/h12-13,16H,3-11H2,1-2H3,(H2,15,18). The molecule has 1 atom stereocenters. The van der Waals surface area contributed by atoms with Crippen molar-refractivity contribution in [3.63, 3.8) is 0 Å². The minimum atomic E-state index is -3.18. The van der Waals surface area contributed by atoms with Gasteiger partial charge in [-0.25, -0.2) is 8.42 Å². The summed E-state index contributed by atoms with van der Waals surface area (Å²) in [5.41, 5.74) is 4.99. The summed E-state index contributed by atoms with van der Waals surface area (Å²) in [4.78, 5) is 12.9. The van der Waals surface area contributed by atoms with E-state index in [0.717, 1.165) is 26.1 Å². The summed E-state index contributed by atoms with van der Waals surface area (Å²) in [6.45, 7) is 7.72. The maximum absolute atomic E-state index is 11.8. The number of carbonyl (C=O) groups excluding carboxylic acids is 1. The Hall–Kier alpha value is -0.660. The SMILES string of the molecule is CC(C)NCC1CCCN(CCS(=O)(=O)CCC(N)=O)C1. The fourth-order valence-corrected chi connectivity index (χ4v) is 3.80. The van der Waals surface area contributed by atoms with Gasteiger partial charge in [-0.2, -0.15) is 0 Å². The second kappa shape index (κ2) is 8.70. The molecule has 0 saturated carbocycles. The Morgan fingerprint density at radius 3 is 2.71 bits per heavy atom. The first-order chi connectivity index (χ1) is 9.78. The van der Waals surface area contributed by atoms with Crippen molar-refractivity contribution in [2.45, 2.75) is 39.2 Å². The Kier molecular flexibility index (Phi) is 7.62. The average molecular weight is 319 g/mol. The monoisotopic (exact) mass is 319 g/mol. The van der Waals surface area contributed by atoms with Crippen LogP contribution in [0.5, 0.6) is 0 Å². The Morgan fingerprint density at radius 2 is 2.10 bits per heavy atom. The summed E-state index contributed by atoms with van der Waals surface area (Å²) in [6, 6.07) is 0.481. The number of amides is 1. The van der Waals surface area contributed by atoms with Crippen LogP contribution in [0.3, 0.4) is 0 Å². The molecule has 0 aromatic carbocycles. The van der Waals surface area contributed by atoms with Crippen LogP contribution < -0.4 is 11.1 Å². The molecule has 0 aliphatic carbocycles. The molecule has 1 unspecified atom stereocenters. The Bertz CT molecular complexity index is 423. The van der Waals surface area contributed by atoms with Gasteiger partial charge in [0, 0.05) is 25.6 Å². The lowest BCUT2D eigenvalue weighted by Gasteiger charge is -2.33. The first-order valence-electron chi connectivity index (χ1n) is 7.73. The van der Waals surface area contributed by atoms with Crippen LogP contribution in [0, 0.1) is 5.92 Å². The Balaban J connectivity index is 2.32. The highest BCUT2D eigenvalue weighted by Gasteiger charge is 2.21. The van der Waals surface area contributed by atoms with E-state index in [2.05, 4.69) is 24.1 Å². The van der Waals surface area contributed by atoms with E-state index in [4.69, 9.17) is 5.73 Å². The van der Waals surface area contributed by atoms with Gasteiger partial charge in [0.25, 0.3) is 0 Å². The molecule has 1 rings (SSSR count). The van der Waals surface area contributed by atoms with Gasteiger partial charge in [-0.15, -0.1) is 0 Å². The van der Waals surface area contributed by atoms with Gasteiger partial charge in [-0.1, -0.05) is 13.8 Å². The summed E-state index contributed by atoms with van der Waals surface area (Å²) in [5.74, 6) is 0.0184. The lowest BCUT2D eigenvalue weighted by atomic mass is 9.98. The minimum absolute atomic E-state index is 0.0801. The number of likely N-dealkylation sites (tertiary alicyclic amines) is 1. The molecular formula is C14H29N3O3S. The zero-order valence-corrected chi connectivity index (χ0v) is 14.0. The smallest absolute Gasteiger partial charge is 0.218 e. The lowest BCUT2D eigenvalue weighted by molar-refractivity contribution is -0.117. The highest BCUT2D eigenvalue weighted by Crippen LogP contribution is 2.16. The fourth-order valence-electron chi connectivity index (χ4n) is 2.55. The maximum atomic E-state index is 11.8. The van der Waals surface area contributed by atoms with Crippen molar-refractivity contribution in [1.82, 2.24) is 10.2 Å². The number of sulfone groups is 1. The number of primary amides is 1. The molecule has 124 valence electrons. The highest BCUT2D eigenvalue weighted by atomic mass is 32.2. The molecule has 1 aliphatic heterocycles. The summed E-state index contributed by atoms with van der Waals surface area (Å²) >= 11 is 0. The molecule has 0 aromatic heterocycles. The van der Waals surface area contributed by atoms with Crippen LogP contribution in [0.25, 0.3) is 0 Å². The number of hydrogen-bond acceptors (Lipinski definition) is 5. The van der Waals surface area contributed by atoms with Crippen LogP contribution in [0.1, 0.15) is 33.1 Å². The molecule has 0 aromatic rings. The van der Waals surface area contributed by atoms with Gasteiger partial charge < -0.3 is 16.0 Å². The van der Waals surface area contributed by atoms with Crippen molar-refractivity contribution in [2.24, 2.45) is 11.7 Å². The van der Waals surface area contributed by atoms with Gasteiger partial charge >= 0.3 is 0 Å². The molecule has 1 saturated heterocycles. The van der Waals surface area contributed by atoms with Gasteiger partial charge in [-0.05, 0) is 31.8 Å². The Morgan fingerprint density at radius 1 is 1.38 bits per heavy atom. The third kappa shape index (κ3) is 8.38. The van der Waals surface area contributed by atoms with E-state index in [9.17, 15) is 13.2 Å². The number of nitrogens with one attached hydrogen (secondary N) is 1. The van der Waals surface area contributed by atoms with E-state index < -0.39 is 15.7 Å². The number of rotatable bonds is 9. The molecule has 0 spiro atoms. The van der Waals surface area contributed by atoms with Crippen LogP contribution >= 0.6 is 0 Å². The Labute approximate surface area is 128 Å². The zero-order valence-electron chi connectivity index (χ0n) is 13.2. The van der Waals surface area contributed by atoms with E-state index >= 15 is 0 Å². The van der Waals surface area contributed by atoms with E-state index in [-0.39, 0.29) is 17.9 Å². The van der Waals surface area contributed by atoms with E-state index in [1.807, 2.05) is 0 Å². The van der Waals surface area contributed by atoms with Gasteiger partial charge in [-0.3, -0.25) is 4.79 Å². The first kappa shape index (κ1) is 18.4. The van der Waals surface area contributed by atoms with Crippen molar-refractivity contribution in [3.8, 4) is 0 Å². The molecule has 1 aliphatic rings. The summed E-state index contributed by atoms with van der Waals surface area (Å²) < 4.78 is 23.7. The van der Waals surface area contributed by atoms with Crippen molar-refractivity contribution < 1.29 is 13.2 Å². The van der Waals surface area contributed by atoms with Crippen LogP contribution in [0.15, 0.2) is 0 Å². The molecule has 1 fully saturated rings. The van der Waals surface area contributed by atoms with E-state index in [0.29, 0.717) is 18.5 Å². The predicted molar refractivity (Wildman–Crippen MR) is 84.8 cm³/mol. The molecule has 7 heteroatoms. The largest absolute Gasteiger partial charge is 0.370 e. The number of piperidine rings is 1. The van der Waals surface area contributed by atoms with Crippen molar-refractivity contribution >= 4 is 15.7 Å². The fraction of sp³-hybridized carbons (Fsp3) is 0.929. The highest BCUT2D eigenvalue weighted by molar-refractivity contribution is 7.91. The topological polar surface area (TPSA) is 92.5 Å². The molecule has 21 heavy (non-hydrogen) atoms. The molecule has 0 bridgehead atoms. The molecule has 3 N–H and O–H groups in total. The molecule has 0 radical (unpaired) electrons. The second-order valence-electron chi connectivity index (χ2n) is 6.24. The van der Waals surface area contributed by atoms with Crippen molar-refractivity contribution in [1.29, 1.82) is 0 Å². The average Bonchev–Trinajstić information content (AvgIpc) is 2.42. The van der Waals surface area contributed by atoms with E-state index in [1.54, 1.807) is 0 Å². The molecule has 6 nitrogen and oxygen atoms in total. The molecule has 1 heterocycles. The van der Waals surface area contributed by atoms with Crippen LogP contribution in [-0.2, 0) is 14.6 Å². The summed E-state index contributed by atoms with van der Waals surface area (Å²) in [7, 11) is -3.18. The third-order valence-electron chi connectivity index (χ3n) is 3.80. The minimum Gasteiger partial charge on any atom is -0.370 e. The molecular weight excluding hydrogens is 290 g/mol. The third-order valence-corrected chi connectivity index (χ3v) is 5.43. The summed E-state index contributed by atoms with van der Waals surface area (Å²) in [6.07, 6.45) is 2.24. The van der Waals surface area contributed by atoms with Crippen LogP contribution in [0.4, 0.5) is 0 Å². The number of carbonyl (C=O) groups is 1. The van der Waals surface area contributed by atoms with Crippen LogP contribution in [0.2, 0.25) is 0 Å². The quantitative estimate of drug-likeness (QED) is 0.623. The predicted octanol–water partition coefficient (Wildman–Crippen LogP) is -0.0134. The van der Waals surface area contributed by atoms with Gasteiger partial charge in [0.05, 0.1) is 11.5 Å². The van der Waals surface area contributed by atoms with Gasteiger partial charge in [0.2, 0.25) is 5.91 Å². The number of nitrogens with two attached hydrogens (primary N) is 1. The first-order valence-corrected chi connectivity index (χ1v) is 9.55. The second-order valence-corrected chi connectivity index (χ2v) is 8.54. The molecule has 1 amide bonds. The van der Waals surface area contributed by atoms with Gasteiger partial charge in [0.15, 0.2) is 9.84 Å². The lowest BCUT2D eigenvalue weighted by Crippen LogP contribution is -2.42. The number of nitrogens with zero attached hydrogens (tertiary/aromatic N) is 1. The van der Waals surface area contributed by atoms with Crippen molar-refractivity contribution in [2.75, 3.05) is 37.7 Å². The zero-order chi connectivity index (χ0) is 15.9. The maximum Gasteiger partial charge on any atom is 0.218 e. The van der Waals surface area contributed by atoms with Crippen molar-refractivity contribution in [3.05, 3.63) is 0 Å². The van der Waals surface area contributed by atoms with E-state index in [1.165, 1.54) is 6.42 Å². The van der Waals surface area contributed by atoms with Crippen LogP contribution in [-0.4, -0.2) is 63.0 Å². The van der Waals surface area contributed by atoms with Gasteiger partial charge in [0.1, 0.15) is 0 Å². The number of hydrogen-bond donors (Lipinski definition) is 2. The summed E-state index contributed by atoms with van der Waals surface area (Å²) in [5, 5.41) is 3.44.